The first kappa shape index (κ1) is 14.8. The van der Waals surface area contributed by atoms with Gasteiger partial charge in [-0.05, 0) is 19.5 Å². The van der Waals surface area contributed by atoms with E-state index in [9.17, 15) is 4.79 Å². The Kier molecular flexibility index (Phi) is 3.98. The normalized spacial score (nSPS) is 19.4. The first-order chi connectivity index (χ1) is 10.6. The number of hydrogen-bond acceptors (Lipinski definition) is 3. The second-order valence-corrected chi connectivity index (χ2v) is 5.96. The van der Waals surface area contributed by atoms with Gasteiger partial charge in [-0.15, -0.1) is 0 Å². The number of rotatable bonds is 2. The van der Waals surface area contributed by atoms with Gasteiger partial charge in [0.2, 0.25) is 0 Å². The van der Waals surface area contributed by atoms with Crippen molar-refractivity contribution in [1.82, 2.24) is 19.6 Å². The molecule has 1 aromatic heterocycles. The van der Waals surface area contributed by atoms with Crippen LogP contribution < -0.4 is 0 Å². The Balaban J connectivity index is 1.81. The maximum absolute atomic E-state index is 12.8. The molecule has 1 aromatic carbocycles. The van der Waals surface area contributed by atoms with Crippen LogP contribution in [0.15, 0.2) is 36.5 Å². The minimum absolute atomic E-state index is 0.0830. The molecule has 2 heterocycles. The molecule has 1 saturated heterocycles. The predicted molar refractivity (Wildman–Crippen MR) is 85.7 cm³/mol. The van der Waals surface area contributed by atoms with Crippen molar-refractivity contribution in [2.45, 2.75) is 13.0 Å². The van der Waals surface area contributed by atoms with Gasteiger partial charge < -0.3 is 4.90 Å². The quantitative estimate of drug-likeness (QED) is 0.850. The Morgan fingerprint density at radius 1 is 1.18 bits per heavy atom. The van der Waals surface area contributed by atoms with Gasteiger partial charge in [0, 0.05) is 32.9 Å². The Morgan fingerprint density at radius 3 is 2.55 bits per heavy atom. The zero-order valence-corrected chi connectivity index (χ0v) is 13.4. The second-order valence-electron chi connectivity index (χ2n) is 5.96. The van der Waals surface area contributed by atoms with E-state index in [-0.39, 0.29) is 11.9 Å². The number of carbonyl (C=O) groups is 1. The lowest BCUT2D eigenvalue weighted by Crippen LogP contribution is -2.49. The predicted octanol–water partition coefficient (Wildman–Crippen LogP) is 1.86. The molecule has 5 heteroatoms. The number of hydrogen-bond donors (Lipinski definition) is 0. The molecule has 2 aromatic rings. The largest absolute Gasteiger partial charge is 0.335 e. The molecule has 0 N–H and O–H groups in total. The summed E-state index contributed by atoms with van der Waals surface area (Å²) in [5, 5.41) is 4.28. The van der Waals surface area contributed by atoms with Crippen LogP contribution in [0.3, 0.4) is 0 Å². The van der Waals surface area contributed by atoms with Crippen molar-refractivity contribution < 1.29 is 4.79 Å². The van der Waals surface area contributed by atoms with Crippen molar-refractivity contribution in [1.29, 1.82) is 0 Å². The van der Waals surface area contributed by atoms with Crippen LogP contribution in [0.1, 0.15) is 27.7 Å². The molecule has 22 heavy (non-hydrogen) atoms. The highest BCUT2D eigenvalue weighted by Crippen LogP contribution is 2.25. The number of amides is 1. The summed E-state index contributed by atoms with van der Waals surface area (Å²) in [4.78, 5) is 17.0. The fraction of sp³-hybridized carbons (Fsp3) is 0.412. The maximum atomic E-state index is 12.8. The summed E-state index contributed by atoms with van der Waals surface area (Å²) in [7, 11) is 3.97. The lowest BCUT2D eigenvalue weighted by atomic mass is 10.0. The lowest BCUT2D eigenvalue weighted by molar-refractivity contribution is 0.0545. The van der Waals surface area contributed by atoms with Crippen LogP contribution >= 0.6 is 0 Å². The van der Waals surface area contributed by atoms with Crippen LogP contribution in [0.4, 0.5) is 0 Å². The Bertz CT molecular complexity index is 665. The molecule has 5 nitrogen and oxygen atoms in total. The third-order valence-corrected chi connectivity index (χ3v) is 4.36. The van der Waals surface area contributed by atoms with Gasteiger partial charge in [0.05, 0.1) is 17.3 Å². The minimum atomic E-state index is 0.0830. The molecule has 1 atom stereocenters. The number of nitrogens with zero attached hydrogens (tertiary/aromatic N) is 4. The summed E-state index contributed by atoms with van der Waals surface area (Å²) >= 11 is 0. The molecule has 1 fully saturated rings. The topological polar surface area (TPSA) is 41.4 Å². The molecular formula is C17H22N4O. The van der Waals surface area contributed by atoms with Gasteiger partial charge in [-0.1, -0.05) is 30.3 Å². The molecule has 0 saturated carbocycles. The third-order valence-electron chi connectivity index (χ3n) is 4.36. The minimum Gasteiger partial charge on any atom is -0.335 e. The van der Waals surface area contributed by atoms with E-state index in [4.69, 9.17) is 0 Å². The van der Waals surface area contributed by atoms with Crippen molar-refractivity contribution in [2.75, 3.05) is 26.7 Å². The summed E-state index contributed by atoms with van der Waals surface area (Å²) in [6.07, 6.45) is 1.81. The smallest absolute Gasteiger partial charge is 0.257 e. The Hall–Kier alpha value is -2.14. The molecule has 0 bridgehead atoms. The van der Waals surface area contributed by atoms with Crippen molar-refractivity contribution in [3.8, 4) is 0 Å². The average molecular weight is 298 g/mol. The number of likely N-dealkylation sites (N-methyl/N-ethyl adjacent to an activating group) is 1. The number of benzene rings is 1. The summed E-state index contributed by atoms with van der Waals surface area (Å²) in [6.45, 7) is 4.24. The Labute approximate surface area is 131 Å². The molecule has 0 unspecified atom stereocenters. The van der Waals surface area contributed by atoms with Gasteiger partial charge >= 0.3 is 0 Å². The zero-order chi connectivity index (χ0) is 15.7. The van der Waals surface area contributed by atoms with E-state index < -0.39 is 0 Å². The first-order valence-electron chi connectivity index (χ1n) is 7.61. The fourth-order valence-electron chi connectivity index (χ4n) is 3.07. The highest BCUT2D eigenvalue weighted by Gasteiger charge is 2.30. The van der Waals surface area contributed by atoms with Crippen LogP contribution in [0.5, 0.6) is 0 Å². The molecule has 1 aliphatic heterocycles. The first-order valence-corrected chi connectivity index (χ1v) is 7.61. The van der Waals surface area contributed by atoms with Crippen LogP contribution in [0, 0.1) is 6.92 Å². The van der Waals surface area contributed by atoms with E-state index in [1.165, 1.54) is 5.56 Å². The van der Waals surface area contributed by atoms with E-state index >= 15 is 0 Å². The maximum Gasteiger partial charge on any atom is 0.257 e. The van der Waals surface area contributed by atoms with Crippen LogP contribution in [-0.2, 0) is 7.05 Å². The van der Waals surface area contributed by atoms with Crippen molar-refractivity contribution in [3.63, 3.8) is 0 Å². The summed E-state index contributed by atoms with van der Waals surface area (Å²) < 4.78 is 1.70. The highest BCUT2D eigenvalue weighted by molar-refractivity contribution is 5.95. The van der Waals surface area contributed by atoms with E-state index in [0.29, 0.717) is 12.1 Å². The molecule has 3 rings (SSSR count). The molecule has 116 valence electrons. The summed E-state index contributed by atoms with van der Waals surface area (Å²) in [5.74, 6) is 0.0830. The van der Waals surface area contributed by atoms with E-state index in [2.05, 4.69) is 41.3 Å². The SMILES string of the molecule is Cc1nn(C)cc1C(=O)N1CCN(C)[C@@H](c2ccccc2)C1. The standard InChI is InChI=1S/C17H22N4O/c1-13-15(11-20(3)18-13)17(22)21-10-9-19(2)16(12-21)14-7-5-4-6-8-14/h4-8,11,16H,9-10,12H2,1-3H3/t16-/m1/s1. The molecule has 0 radical (unpaired) electrons. The van der Waals surface area contributed by atoms with E-state index in [1.54, 1.807) is 4.68 Å². The molecular weight excluding hydrogens is 276 g/mol. The number of carbonyl (C=O) groups excluding carboxylic acids is 1. The summed E-state index contributed by atoms with van der Waals surface area (Å²) in [6, 6.07) is 10.6. The fourth-order valence-corrected chi connectivity index (χ4v) is 3.07. The lowest BCUT2D eigenvalue weighted by Gasteiger charge is -2.39. The van der Waals surface area contributed by atoms with Gasteiger partial charge in [-0.25, -0.2) is 0 Å². The molecule has 0 aliphatic carbocycles. The van der Waals surface area contributed by atoms with Crippen LogP contribution in [-0.4, -0.2) is 52.2 Å². The Morgan fingerprint density at radius 2 is 1.91 bits per heavy atom. The van der Waals surface area contributed by atoms with Gasteiger partial charge in [-0.3, -0.25) is 14.4 Å². The summed E-state index contributed by atoms with van der Waals surface area (Å²) in [5.41, 5.74) is 2.76. The van der Waals surface area contributed by atoms with Gasteiger partial charge in [0.25, 0.3) is 5.91 Å². The number of piperazine rings is 1. The number of aryl methyl sites for hydroxylation is 2. The average Bonchev–Trinajstić information content (AvgIpc) is 2.86. The van der Waals surface area contributed by atoms with Crippen LogP contribution in [0.25, 0.3) is 0 Å². The monoisotopic (exact) mass is 298 g/mol. The van der Waals surface area contributed by atoms with Crippen molar-refractivity contribution in [3.05, 3.63) is 53.3 Å². The molecule has 1 amide bonds. The van der Waals surface area contributed by atoms with Gasteiger partial charge in [-0.2, -0.15) is 5.10 Å². The van der Waals surface area contributed by atoms with Crippen molar-refractivity contribution >= 4 is 5.91 Å². The van der Waals surface area contributed by atoms with E-state index in [0.717, 1.165) is 18.8 Å². The zero-order valence-electron chi connectivity index (χ0n) is 13.4. The van der Waals surface area contributed by atoms with E-state index in [1.807, 2.05) is 31.1 Å². The molecule has 1 aliphatic rings. The second kappa shape index (κ2) is 5.93. The number of aromatic nitrogens is 2. The van der Waals surface area contributed by atoms with Gasteiger partial charge in [0.15, 0.2) is 0 Å². The third kappa shape index (κ3) is 2.76. The van der Waals surface area contributed by atoms with Gasteiger partial charge in [0.1, 0.15) is 0 Å². The highest BCUT2D eigenvalue weighted by atomic mass is 16.2. The molecule has 0 spiro atoms. The van der Waals surface area contributed by atoms with Crippen molar-refractivity contribution in [2.24, 2.45) is 7.05 Å². The van der Waals surface area contributed by atoms with Crippen LogP contribution in [0.2, 0.25) is 0 Å².